The molecule has 1 aliphatic carbocycles. The molecule has 2 unspecified atom stereocenters. The van der Waals surface area contributed by atoms with Gasteiger partial charge in [0.2, 0.25) is 11.8 Å². The molecule has 1 aromatic heterocycles. The fourth-order valence-electron chi connectivity index (χ4n) is 3.09. The van der Waals surface area contributed by atoms with Crippen LogP contribution in [0.3, 0.4) is 0 Å². The fraction of sp³-hybridized carbons (Fsp3) is 0.600. The molecule has 114 valence electrons. The molecule has 21 heavy (non-hydrogen) atoms. The zero-order valence-electron chi connectivity index (χ0n) is 12.2. The second-order valence-corrected chi connectivity index (χ2v) is 7.87. The number of halogens is 1. The molecule has 0 aromatic carbocycles. The first-order chi connectivity index (χ1) is 9.97. The normalized spacial score (nSPS) is 29.7. The third kappa shape index (κ3) is 2.52. The summed E-state index contributed by atoms with van der Waals surface area (Å²) in [6, 6.07) is 1.62. The molecule has 0 bridgehead atoms. The Morgan fingerprint density at radius 3 is 2.71 bits per heavy atom. The van der Waals surface area contributed by atoms with Crippen LogP contribution < -0.4 is 5.32 Å². The molecule has 6 heteroatoms. The fourth-order valence-corrected chi connectivity index (χ4v) is 4.57. The summed E-state index contributed by atoms with van der Waals surface area (Å²) in [7, 11) is 0. The van der Waals surface area contributed by atoms with Crippen molar-refractivity contribution in [2.45, 2.75) is 51.2 Å². The summed E-state index contributed by atoms with van der Waals surface area (Å²) in [5, 5.41) is 4.99. The molecule has 4 nitrogen and oxygen atoms in total. The van der Waals surface area contributed by atoms with Crippen LogP contribution in [0.25, 0.3) is 0 Å². The molecular weight excluding hydrogens is 352 g/mol. The minimum atomic E-state index is -0.716. The van der Waals surface area contributed by atoms with Crippen LogP contribution in [0, 0.1) is 5.92 Å². The van der Waals surface area contributed by atoms with Gasteiger partial charge in [0, 0.05) is 9.35 Å². The summed E-state index contributed by atoms with van der Waals surface area (Å²) in [5.74, 6) is 0.344. The smallest absolute Gasteiger partial charge is 0.249 e. The summed E-state index contributed by atoms with van der Waals surface area (Å²) < 4.78 is 1.01. The van der Waals surface area contributed by atoms with E-state index in [1.807, 2.05) is 25.3 Å². The predicted octanol–water partition coefficient (Wildman–Crippen LogP) is 2.92. The first kappa shape index (κ1) is 15.0. The van der Waals surface area contributed by atoms with Gasteiger partial charge < -0.3 is 10.2 Å². The number of hydrogen-bond donors (Lipinski definition) is 1. The van der Waals surface area contributed by atoms with E-state index in [-0.39, 0.29) is 17.9 Å². The highest BCUT2D eigenvalue weighted by atomic mass is 79.9. The molecule has 1 N–H and O–H groups in total. The van der Waals surface area contributed by atoms with Gasteiger partial charge in [0.15, 0.2) is 0 Å². The third-order valence-electron chi connectivity index (χ3n) is 4.55. The highest BCUT2D eigenvalue weighted by molar-refractivity contribution is 9.10. The van der Waals surface area contributed by atoms with Gasteiger partial charge in [0.1, 0.15) is 11.6 Å². The number of amides is 2. The molecule has 2 atom stereocenters. The molecule has 1 saturated carbocycles. The number of nitrogens with zero attached hydrogens (tertiary/aromatic N) is 1. The van der Waals surface area contributed by atoms with Crippen molar-refractivity contribution in [2.24, 2.45) is 5.92 Å². The van der Waals surface area contributed by atoms with Gasteiger partial charge in [0.25, 0.3) is 0 Å². The van der Waals surface area contributed by atoms with Crippen molar-refractivity contribution >= 4 is 39.1 Å². The van der Waals surface area contributed by atoms with Crippen LogP contribution >= 0.6 is 27.3 Å². The number of piperazine rings is 1. The van der Waals surface area contributed by atoms with Crippen molar-refractivity contribution in [3.8, 4) is 0 Å². The largest absolute Gasteiger partial charge is 0.340 e. The highest BCUT2D eigenvalue weighted by Gasteiger charge is 2.54. The maximum absolute atomic E-state index is 13.0. The van der Waals surface area contributed by atoms with Crippen molar-refractivity contribution in [3.05, 3.63) is 20.8 Å². The van der Waals surface area contributed by atoms with Gasteiger partial charge in [0.05, 0.1) is 6.54 Å². The van der Waals surface area contributed by atoms with E-state index in [0.717, 1.165) is 22.2 Å². The molecule has 2 heterocycles. The van der Waals surface area contributed by atoms with Crippen LogP contribution in [-0.4, -0.2) is 28.3 Å². The quantitative estimate of drug-likeness (QED) is 0.885. The van der Waals surface area contributed by atoms with Crippen molar-refractivity contribution in [2.75, 3.05) is 0 Å². The zero-order chi connectivity index (χ0) is 15.2. The number of hydrogen-bond acceptors (Lipinski definition) is 3. The minimum Gasteiger partial charge on any atom is -0.340 e. The number of rotatable bonds is 4. The summed E-state index contributed by atoms with van der Waals surface area (Å²) in [4.78, 5) is 28.3. The summed E-state index contributed by atoms with van der Waals surface area (Å²) in [5.41, 5.74) is -0.716. The lowest BCUT2D eigenvalue weighted by atomic mass is 9.89. The third-order valence-corrected chi connectivity index (χ3v) is 6.46. The van der Waals surface area contributed by atoms with Crippen LogP contribution in [-0.2, 0) is 16.1 Å². The van der Waals surface area contributed by atoms with Crippen molar-refractivity contribution in [3.63, 3.8) is 0 Å². The maximum Gasteiger partial charge on any atom is 0.249 e. The molecule has 0 spiro atoms. The molecule has 2 amide bonds. The molecule has 1 aromatic rings. The Hall–Kier alpha value is -0.880. The molecule has 2 fully saturated rings. The molecule has 1 aliphatic heterocycles. The van der Waals surface area contributed by atoms with Gasteiger partial charge in [-0.25, -0.2) is 0 Å². The van der Waals surface area contributed by atoms with E-state index >= 15 is 0 Å². The lowest BCUT2D eigenvalue weighted by molar-refractivity contribution is -0.156. The van der Waals surface area contributed by atoms with Crippen LogP contribution in [0.5, 0.6) is 0 Å². The summed E-state index contributed by atoms with van der Waals surface area (Å²) >= 11 is 5.12. The van der Waals surface area contributed by atoms with Crippen molar-refractivity contribution < 1.29 is 9.59 Å². The number of thiophene rings is 1. The van der Waals surface area contributed by atoms with Gasteiger partial charge >= 0.3 is 0 Å². The van der Waals surface area contributed by atoms with Gasteiger partial charge in [-0.1, -0.05) is 6.92 Å². The molecular formula is C15H19BrN2O2S. The van der Waals surface area contributed by atoms with E-state index in [4.69, 9.17) is 0 Å². The highest BCUT2D eigenvalue weighted by Crippen LogP contribution is 2.43. The predicted molar refractivity (Wildman–Crippen MR) is 85.9 cm³/mol. The van der Waals surface area contributed by atoms with E-state index in [0.29, 0.717) is 18.9 Å². The van der Waals surface area contributed by atoms with E-state index < -0.39 is 5.54 Å². The van der Waals surface area contributed by atoms with Gasteiger partial charge in [-0.15, -0.1) is 11.3 Å². The molecule has 1 saturated heterocycles. The average Bonchev–Trinajstić information content (AvgIpc) is 3.22. The van der Waals surface area contributed by atoms with E-state index in [1.54, 1.807) is 16.2 Å². The Morgan fingerprint density at radius 2 is 2.19 bits per heavy atom. The first-order valence-electron chi connectivity index (χ1n) is 7.32. The summed E-state index contributed by atoms with van der Waals surface area (Å²) in [6.45, 7) is 4.34. The van der Waals surface area contributed by atoms with Crippen LogP contribution in [0.2, 0.25) is 0 Å². The van der Waals surface area contributed by atoms with E-state index in [1.165, 1.54) is 0 Å². The topological polar surface area (TPSA) is 49.4 Å². The van der Waals surface area contributed by atoms with E-state index in [9.17, 15) is 9.59 Å². The number of nitrogens with one attached hydrogen (secondary N) is 1. The number of carbonyl (C=O) groups excluding carboxylic acids is 2. The van der Waals surface area contributed by atoms with Gasteiger partial charge in [-0.05, 0) is 59.5 Å². The Labute approximate surface area is 137 Å². The Balaban J connectivity index is 1.91. The standard InChI is InChI=1S/C15H19BrN2O2S/c1-3-11-13(19)17-15(2,9-4-5-9)14(20)18(11)8-12-10(16)6-7-21-12/h6-7,9,11H,3-5,8H2,1-2H3,(H,17,19). The second-order valence-electron chi connectivity index (χ2n) is 6.01. The zero-order valence-corrected chi connectivity index (χ0v) is 14.6. The van der Waals surface area contributed by atoms with Crippen molar-refractivity contribution in [1.82, 2.24) is 10.2 Å². The molecule has 2 aliphatic rings. The average molecular weight is 371 g/mol. The monoisotopic (exact) mass is 370 g/mol. The van der Waals surface area contributed by atoms with Gasteiger partial charge in [-0.2, -0.15) is 0 Å². The minimum absolute atomic E-state index is 0.0146. The first-order valence-corrected chi connectivity index (χ1v) is 8.99. The lowest BCUT2D eigenvalue weighted by Gasteiger charge is -2.44. The SMILES string of the molecule is CCC1C(=O)NC(C)(C2CC2)C(=O)N1Cc1sccc1Br. The molecule has 0 radical (unpaired) electrons. The Bertz CT molecular complexity index is 584. The van der Waals surface area contributed by atoms with Crippen LogP contribution in [0.15, 0.2) is 15.9 Å². The number of carbonyl (C=O) groups is 2. The van der Waals surface area contributed by atoms with Crippen molar-refractivity contribution in [1.29, 1.82) is 0 Å². The van der Waals surface area contributed by atoms with Crippen LogP contribution in [0.4, 0.5) is 0 Å². The Kier molecular flexibility index (Phi) is 3.86. The van der Waals surface area contributed by atoms with E-state index in [2.05, 4.69) is 21.2 Å². The maximum atomic E-state index is 13.0. The second kappa shape index (κ2) is 5.39. The lowest BCUT2D eigenvalue weighted by Crippen LogP contribution is -2.69. The van der Waals surface area contributed by atoms with Crippen LogP contribution in [0.1, 0.15) is 38.0 Å². The summed E-state index contributed by atoms with van der Waals surface area (Å²) in [6.07, 6.45) is 2.69. The Morgan fingerprint density at radius 1 is 1.48 bits per heavy atom. The molecule has 3 rings (SSSR count). The van der Waals surface area contributed by atoms with Gasteiger partial charge in [-0.3, -0.25) is 9.59 Å².